The van der Waals surface area contributed by atoms with E-state index in [1.165, 1.54) is 5.57 Å². The molecule has 0 aliphatic heterocycles. The highest BCUT2D eigenvalue weighted by atomic mass is 35.5. The molecular weight excluding hydrogens is 293 g/mol. The molecule has 0 unspecified atom stereocenters. The van der Waals surface area contributed by atoms with Gasteiger partial charge in [0.1, 0.15) is 0 Å². The zero-order valence-electron chi connectivity index (χ0n) is 10.9. The van der Waals surface area contributed by atoms with E-state index >= 15 is 0 Å². The summed E-state index contributed by atoms with van der Waals surface area (Å²) in [6, 6.07) is 5.08. The van der Waals surface area contributed by atoms with Crippen LogP contribution in [-0.4, -0.2) is 5.91 Å². The summed E-state index contributed by atoms with van der Waals surface area (Å²) < 4.78 is 0. The average molecular weight is 308 g/mol. The fraction of sp³-hybridized carbons (Fsp3) is 0.312. The average Bonchev–Trinajstić information content (AvgIpc) is 3.24. The molecular formula is C16H15Cl2NO. The second-order valence-electron chi connectivity index (χ2n) is 5.25. The number of allylic oxidation sites excluding steroid dienone is 4. The minimum atomic E-state index is 0.0269. The third kappa shape index (κ3) is 2.92. The van der Waals surface area contributed by atoms with Crippen LogP contribution in [0.4, 0.5) is 5.69 Å². The van der Waals surface area contributed by atoms with Gasteiger partial charge in [-0.25, -0.2) is 0 Å². The summed E-state index contributed by atoms with van der Waals surface area (Å²) in [6.07, 6.45) is 9.66. The van der Waals surface area contributed by atoms with E-state index in [0.29, 0.717) is 21.7 Å². The summed E-state index contributed by atoms with van der Waals surface area (Å²) in [7, 11) is 0. The number of anilines is 1. The largest absolute Gasteiger partial charge is 0.324 e. The van der Waals surface area contributed by atoms with Crippen LogP contribution < -0.4 is 5.32 Å². The van der Waals surface area contributed by atoms with E-state index in [1.54, 1.807) is 18.2 Å². The molecule has 2 aliphatic carbocycles. The smallest absolute Gasteiger partial charge is 0.228 e. The Balaban J connectivity index is 1.65. The van der Waals surface area contributed by atoms with Crippen LogP contribution in [0.15, 0.2) is 42.0 Å². The van der Waals surface area contributed by atoms with Crippen molar-refractivity contribution in [3.05, 3.63) is 52.0 Å². The van der Waals surface area contributed by atoms with Crippen molar-refractivity contribution in [3.8, 4) is 0 Å². The molecule has 1 fully saturated rings. The molecule has 1 aromatic carbocycles. The van der Waals surface area contributed by atoms with Gasteiger partial charge in [0.2, 0.25) is 5.91 Å². The first-order valence-electron chi connectivity index (χ1n) is 6.77. The maximum absolute atomic E-state index is 12.2. The summed E-state index contributed by atoms with van der Waals surface area (Å²) in [5.74, 6) is 0.447. The Bertz CT molecular complexity index is 606. The van der Waals surface area contributed by atoms with Gasteiger partial charge in [-0.05, 0) is 49.0 Å². The lowest BCUT2D eigenvalue weighted by atomic mass is 10.0. The van der Waals surface area contributed by atoms with E-state index in [1.807, 2.05) is 0 Å². The van der Waals surface area contributed by atoms with Crippen LogP contribution in [-0.2, 0) is 4.79 Å². The monoisotopic (exact) mass is 307 g/mol. The zero-order chi connectivity index (χ0) is 14.1. The predicted octanol–water partition coefficient (Wildman–Crippen LogP) is 4.84. The van der Waals surface area contributed by atoms with E-state index in [0.717, 1.165) is 19.3 Å². The summed E-state index contributed by atoms with van der Waals surface area (Å²) in [5, 5.41) is 3.95. The third-order valence-electron chi connectivity index (χ3n) is 3.77. The molecule has 1 N–H and O–H groups in total. The Hall–Kier alpha value is -1.25. The van der Waals surface area contributed by atoms with Crippen molar-refractivity contribution in [1.82, 2.24) is 0 Å². The van der Waals surface area contributed by atoms with Gasteiger partial charge in [0, 0.05) is 10.9 Å². The number of amides is 1. The predicted molar refractivity (Wildman–Crippen MR) is 83.1 cm³/mol. The molecule has 0 heterocycles. The molecule has 104 valence electrons. The van der Waals surface area contributed by atoms with Crippen molar-refractivity contribution in [1.29, 1.82) is 0 Å². The van der Waals surface area contributed by atoms with Crippen LogP contribution in [0.2, 0.25) is 10.0 Å². The highest BCUT2D eigenvalue weighted by molar-refractivity contribution is 6.35. The molecule has 4 heteroatoms. The van der Waals surface area contributed by atoms with Crippen molar-refractivity contribution >= 4 is 34.8 Å². The SMILES string of the molecule is O=C(Nc1cc(Cl)ccc1Cl)[C@@H]1C[C@@H]1C1=CCCC=C1. The summed E-state index contributed by atoms with van der Waals surface area (Å²) >= 11 is 12.0. The Morgan fingerprint density at radius 1 is 1.25 bits per heavy atom. The number of carbonyl (C=O) groups is 1. The molecule has 1 saturated carbocycles. The van der Waals surface area contributed by atoms with E-state index < -0.39 is 0 Å². The highest BCUT2D eigenvalue weighted by Crippen LogP contribution is 2.46. The second kappa shape index (κ2) is 5.63. The Morgan fingerprint density at radius 2 is 2.10 bits per heavy atom. The maximum Gasteiger partial charge on any atom is 0.228 e. The first-order valence-corrected chi connectivity index (χ1v) is 7.53. The summed E-state index contributed by atoms with van der Waals surface area (Å²) in [5.41, 5.74) is 1.89. The molecule has 0 radical (unpaired) electrons. The van der Waals surface area contributed by atoms with Crippen molar-refractivity contribution in [2.24, 2.45) is 11.8 Å². The molecule has 0 aromatic heterocycles. The highest BCUT2D eigenvalue weighted by Gasteiger charge is 2.44. The van der Waals surface area contributed by atoms with Crippen LogP contribution in [0, 0.1) is 11.8 Å². The van der Waals surface area contributed by atoms with Crippen LogP contribution in [0.3, 0.4) is 0 Å². The van der Waals surface area contributed by atoms with Crippen molar-refractivity contribution in [3.63, 3.8) is 0 Å². The van der Waals surface area contributed by atoms with Crippen LogP contribution in [0.1, 0.15) is 19.3 Å². The second-order valence-corrected chi connectivity index (χ2v) is 6.09. The molecule has 20 heavy (non-hydrogen) atoms. The number of benzene rings is 1. The van der Waals surface area contributed by atoms with Crippen LogP contribution in [0.5, 0.6) is 0 Å². The van der Waals surface area contributed by atoms with E-state index in [2.05, 4.69) is 23.5 Å². The summed E-state index contributed by atoms with van der Waals surface area (Å²) in [4.78, 5) is 12.2. The number of nitrogens with one attached hydrogen (secondary N) is 1. The van der Waals surface area contributed by atoms with Crippen molar-refractivity contribution in [2.75, 3.05) is 5.32 Å². The lowest BCUT2D eigenvalue weighted by Gasteiger charge is -2.09. The Kier molecular flexibility index (Phi) is 3.86. The fourth-order valence-electron chi connectivity index (χ4n) is 2.58. The normalized spacial score (nSPS) is 24.2. The lowest BCUT2D eigenvalue weighted by molar-refractivity contribution is -0.117. The molecule has 2 nitrogen and oxygen atoms in total. The van der Waals surface area contributed by atoms with Gasteiger partial charge in [-0.1, -0.05) is 41.4 Å². The van der Waals surface area contributed by atoms with Gasteiger partial charge in [0.25, 0.3) is 0 Å². The minimum Gasteiger partial charge on any atom is -0.324 e. The molecule has 1 amide bonds. The van der Waals surface area contributed by atoms with Crippen molar-refractivity contribution in [2.45, 2.75) is 19.3 Å². The van der Waals surface area contributed by atoms with Gasteiger partial charge in [0.15, 0.2) is 0 Å². The molecule has 0 saturated heterocycles. The number of hydrogen-bond acceptors (Lipinski definition) is 1. The van der Waals surface area contributed by atoms with Gasteiger partial charge in [-0.3, -0.25) is 4.79 Å². The first-order chi connectivity index (χ1) is 9.65. The molecule has 0 bridgehead atoms. The Morgan fingerprint density at radius 3 is 2.85 bits per heavy atom. The molecule has 0 spiro atoms. The van der Waals surface area contributed by atoms with E-state index in [4.69, 9.17) is 23.2 Å². The van der Waals surface area contributed by atoms with Crippen molar-refractivity contribution < 1.29 is 4.79 Å². The third-order valence-corrected chi connectivity index (χ3v) is 4.33. The Labute approximate surface area is 128 Å². The maximum atomic E-state index is 12.2. The van der Waals surface area contributed by atoms with Gasteiger partial charge >= 0.3 is 0 Å². The lowest BCUT2D eigenvalue weighted by Crippen LogP contribution is -2.15. The first kappa shape index (κ1) is 13.7. The standard InChI is InChI=1S/C16H15Cl2NO/c17-11-6-7-14(18)15(8-11)19-16(20)13-9-12(13)10-4-2-1-3-5-10/h2,4-8,12-13H,1,3,9H2,(H,19,20)/t12-,13-/m1/s1. The quantitative estimate of drug-likeness (QED) is 0.850. The number of halogens is 2. The molecule has 2 atom stereocenters. The van der Waals surface area contributed by atoms with Gasteiger partial charge < -0.3 is 5.32 Å². The topological polar surface area (TPSA) is 29.1 Å². The van der Waals surface area contributed by atoms with Crippen LogP contribution >= 0.6 is 23.2 Å². The molecule has 2 aliphatic rings. The van der Waals surface area contributed by atoms with Gasteiger partial charge in [-0.15, -0.1) is 0 Å². The zero-order valence-corrected chi connectivity index (χ0v) is 12.4. The molecule has 1 aromatic rings. The number of hydrogen-bond donors (Lipinski definition) is 1. The fourth-order valence-corrected chi connectivity index (χ4v) is 2.92. The van der Waals surface area contributed by atoms with Crippen LogP contribution in [0.25, 0.3) is 0 Å². The van der Waals surface area contributed by atoms with Gasteiger partial charge in [0.05, 0.1) is 10.7 Å². The minimum absolute atomic E-state index is 0.0269. The van der Waals surface area contributed by atoms with E-state index in [9.17, 15) is 4.79 Å². The summed E-state index contributed by atoms with van der Waals surface area (Å²) in [6.45, 7) is 0. The van der Waals surface area contributed by atoms with Gasteiger partial charge in [-0.2, -0.15) is 0 Å². The molecule has 3 rings (SSSR count). The number of carbonyl (C=O) groups excluding carboxylic acids is 1. The van der Waals surface area contributed by atoms with E-state index in [-0.39, 0.29) is 11.8 Å². The number of rotatable bonds is 3.